The van der Waals surface area contributed by atoms with Crippen molar-refractivity contribution < 1.29 is 8.78 Å². The van der Waals surface area contributed by atoms with Crippen LogP contribution in [0.5, 0.6) is 0 Å². The molecule has 0 saturated heterocycles. The molecule has 148 valence electrons. The van der Waals surface area contributed by atoms with Crippen molar-refractivity contribution in [3.8, 4) is 11.3 Å². The van der Waals surface area contributed by atoms with Gasteiger partial charge in [-0.2, -0.15) is 5.10 Å². The first-order valence-corrected chi connectivity index (χ1v) is 10.2. The van der Waals surface area contributed by atoms with Gasteiger partial charge in [-0.15, -0.1) is 5.10 Å². The zero-order chi connectivity index (χ0) is 20.6. The summed E-state index contributed by atoms with van der Waals surface area (Å²) >= 11 is 3.58. The number of benzene rings is 1. The van der Waals surface area contributed by atoms with Crippen LogP contribution in [0.15, 0.2) is 34.9 Å². The highest BCUT2D eigenvalue weighted by Gasteiger charge is 2.65. The van der Waals surface area contributed by atoms with E-state index < -0.39 is 17.0 Å². The minimum absolute atomic E-state index is 0.148. The molecule has 5 nitrogen and oxygen atoms in total. The first-order chi connectivity index (χ1) is 13.8. The van der Waals surface area contributed by atoms with E-state index in [-0.39, 0.29) is 28.5 Å². The van der Waals surface area contributed by atoms with Crippen molar-refractivity contribution in [3.05, 3.63) is 63.5 Å². The molecule has 1 aromatic carbocycles. The standard InChI is InChI=1S/C21H18BrF2N5/c1-20(2)11-6-7-21(20,18-12(22)9-26-19(25)27-18)17-10(11)8-15(28-29-17)16-13(23)4-3-5-14(16)24/h3-5,8-9,11H,6-7H2,1-2H3,(H2,25,26,27)/t11-,21-/m0/s1. The maximum Gasteiger partial charge on any atom is 0.220 e. The van der Waals surface area contributed by atoms with Crippen LogP contribution in [0, 0.1) is 17.0 Å². The first kappa shape index (κ1) is 18.5. The Morgan fingerprint density at radius 1 is 1.14 bits per heavy atom. The fraction of sp³-hybridized carbons (Fsp3) is 0.333. The largest absolute Gasteiger partial charge is 0.368 e. The van der Waals surface area contributed by atoms with Crippen LogP contribution < -0.4 is 5.73 Å². The smallest absolute Gasteiger partial charge is 0.220 e. The third-order valence-electron chi connectivity index (χ3n) is 6.77. The molecule has 3 aromatic rings. The molecule has 2 aromatic heterocycles. The van der Waals surface area contributed by atoms with Crippen LogP contribution in [0.3, 0.4) is 0 Å². The van der Waals surface area contributed by atoms with Crippen molar-refractivity contribution >= 4 is 21.9 Å². The lowest BCUT2D eigenvalue weighted by Crippen LogP contribution is -2.38. The second-order valence-corrected chi connectivity index (χ2v) is 9.13. The molecule has 8 heteroatoms. The second-order valence-electron chi connectivity index (χ2n) is 8.27. The number of hydrogen-bond donors (Lipinski definition) is 1. The van der Waals surface area contributed by atoms with E-state index in [1.807, 2.05) is 0 Å². The van der Waals surface area contributed by atoms with Gasteiger partial charge in [0.1, 0.15) is 11.6 Å². The topological polar surface area (TPSA) is 77.6 Å². The van der Waals surface area contributed by atoms with E-state index in [9.17, 15) is 8.78 Å². The summed E-state index contributed by atoms with van der Waals surface area (Å²) in [4.78, 5) is 8.63. The molecule has 2 atom stereocenters. The van der Waals surface area contributed by atoms with Crippen molar-refractivity contribution in [2.75, 3.05) is 5.73 Å². The molecular formula is C21H18BrF2N5. The van der Waals surface area contributed by atoms with Gasteiger partial charge in [0.25, 0.3) is 0 Å². The molecule has 2 aliphatic carbocycles. The summed E-state index contributed by atoms with van der Waals surface area (Å²) in [5.74, 6) is -0.932. The van der Waals surface area contributed by atoms with E-state index in [1.54, 1.807) is 12.3 Å². The number of nitrogens with zero attached hydrogens (tertiary/aromatic N) is 4. The van der Waals surface area contributed by atoms with Gasteiger partial charge in [-0.1, -0.05) is 19.9 Å². The van der Waals surface area contributed by atoms with Gasteiger partial charge in [-0.3, -0.25) is 0 Å². The Balaban J connectivity index is 1.76. The molecule has 2 bridgehead atoms. The lowest BCUT2D eigenvalue weighted by molar-refractivity contribution is 0.242. The van der Waals surface area contributed by atoms with E-state index >= 15 is 0 Å². The molecule has 1 saturated carbocycles. The number of nitrogens with two attached hydrogens (primary N) is 1. The van der Waals surface area contributed by atoms with Crippen molar-refractivity contribution in [1.82, 2.24) is 20.2 Å². The van der Waals surface area contributed by atoms with Gasteiger partial charge in [-0.05, 0) is 63.9 Å². The van der Waals surface area contributed by atoms with Crippen LogP contribution >= 0.6 is 15.9 Å². The van der Waals surface area contributed by atoms with Crippen molar-refractivity contribution in [2.45, 2.75) is 38.0 Å². The zero-order valence-electron chi connectivity index (χ0n) is 15.9. The van der Waals surface area contributed by atoms with Crippen molar-refractivity contribution in [3.63, 3.8) is 0 Å². The molecule has 0 aliphatic heterocycles. The second kappa shape index (κ2) is 6.01. The summed E-state index contributed by atoms with van der Waals surface area (Å²) in [6, 6.07) is 5.58. The minimum Gasteiger partial charge on any atom is -0.368 e. The van der Waals surface area contributed by atoms with Crippen LogP contribution in [-0.4, -0.2) is 20.2 Å². The Hall–Kier alpha value is -2.48. The van der Waals surface area contributed by atoms with Gasteiger partial charge in [0, 0.05) is 6.20 Å². The maximum absolute atomic E-state index is 14.3. The van der Waals surface area contributed by atoms with Crippen LogP contribution in [0.25, 0.3) is 11.3 Å². The highest BCUT2D eigenvalue weighted by molar-refractivity contribution is 9.10. The van der Waals surface area contributed by atoms with Gasteiger partial charge in [0.05, 0.1) is 32.5 Å². The average molecular weight is 458 g/mol. The number of nitrogen functional groups attached to an aromatic ring is 1. The van der Waals surface area contributed by atoms with Crippen molar-refractivity contribution in [1.29, 1.82) is 0 Å². The van der Waals surface area contributed by atoms with Gasteiger partial charge >= 0.3 is 0 Å². The minimum atomic E-state index is -0.650. The number of fused-ring (bicyclic) bond motifs is 5. The molecule has 2 N–H and O–H groups in total. The third-order valence-corrected chi connectivity index (χ3v) is 7.35. The van der Waals surface area contributed by atoms with Gasteiger partial charge in [0.15, 0.2) is 0 Å². The molecule has 2 aliphatic rings. The number of hydrogen-bond acceptors (Lipinski definition) is 5. The van der Waals surface area contributed by atoms with E-state index in [0.717, 1.165) is 34.3 Å². The Kier molecular flexibility index (Phi) is 3.84. The Morgan fingerprint density at radius 2 is 1.86 bits per heavy atom. The lowest BCUT2D eigenvalue weighted by atomic mass is 9.66. The summed E-state index contributed by atoms with van der Waals surface area (Å²) in [6.45, 7) is 4.36. The van der Waals surface area contributed by atoms with Crippen LogP contribution in [0.2, 0.25) is 0 Å². The number of aromatic nitrogens is 4. The molecule has 2 heterocycles. The van der Waals surface area contributed by atoms with Gasteiger partial charge in [0.2, 0.25) is 5.95 Å². The monoisotopic (exact) mass is 457 g/mol. The summed E-state index contributed by atoms with van der Waals surface area (Å²) < 4.78 is 29.4. The number of rotatable bonds is 2. The molecular weight excluding hydrogens is 440 g/mol. The lowest BCUT2D eigenvalue weighted by Gasteiger charge is -2.37. The molecule has 0 spiro atoms. The van der Waals surface area contributed by atoms with E-state index in [0.29, 0.717) is 0 Å². The summed E-state index contributed by atoms with van der Waals surface area (Å²) in [5.41, 5.74) is 7.80. The molecule has 1 fully saturated rings. The predicted octanol–water partition coefficient (Wildman–Crippen LogP) is 4.76. The van der Waals surface area contributed by atoms with E-state index in [4.69, 9.17) is 5.73 Å². The molecule has 5 rings (SSSR count). The highest BCUT2D eigenvalue weighted by Crippen LogP contribution is 2.70. The fourth-order valence-electron chi connectivity index (χ4n) is 5.39. The summed E-state index contributed by atoms with van der Waals surface area (Å²) in [5, 5.41) is 8.74. The Bertz CT molecular complexity index is 1150. The molecule has 29 heavy (non-hydrogen) atoms. The average Bonchev–Trinajstić information content (AvgIpc) is 3.05. The first-order valence-electron chi connectivity index (χ1n) is 9.38. The quantitative estimate of drug-likeness (QED) is 0.599. The van der Waals surface area contributed by atoms with E-state index in [1.165, 1.54) is 18.2 Å². The van der Waals surface area contributed by atoms with Crippen LogP contribution in [-0.2, 0) is 5.41 Å². The molecule has 0 unspecified atom stereocenters. The molecule has 0 radical (unpaired) electrons. The van der Waals surface area contributed by atoms with Gasteiger partial charge < -0.3 is 5.73 Å². The fourth-order valence-corrected chi connectivity index (χ4v) is 5.92. The zero-order valence-corrected chi connectivity index (χ0v) is 17.5. The van der Waals surface area contributed by atoms with E-state index in [2.05, 4.69) is 49.9 Å². The normalized spacial score (nSPS) is 24.0. The summed E-state index contributed by atoms with van der Waals surface area (Å²) in [7, 11) is 0. The molecule has 0 amide bonds. The van der Waals surface area contributed by atoms with Crippen molar-refractivity contribution in [2.24, 2.45) is 5.41 Å². The number of halogens is 3. The SMILES string of the molecule is CC1(C)[C@H]2CC[C@@]1(c1nc(N)ncc1Br)c1nnc(-c3c(F)cccc3F)cc12. The third kappa shape index (κ3) is 2.29. The summed E-state index contributed by atoms with van der Waals surface area (Å²) in [6.07, 6.45) is 3.42. The Labute approximate surface area is 174 Å². The van der Waals surface area contributed by atoms with Gasteiger partial charge in [-0.25, -0.2) is 18.7 Å². The van der Waals surface area contributed by atoms with Crippen LogP contribution in [0.1, 0.15) is 49.6 Å². The number of anilines is 1. The Morgan fingerprint density at radius 3 is 2.59 bits per heavy atom. The van der Waals surface area contributed by atoms with Crippen LogP contribution in [0.4, 0.5) is 14.7 Å². The predicted molar refractivity (Wildman–Crippen MR) is 108 cm³/mol. The maximum atomic E-state index is 14.3. The highest BCUT2D eigenvalue weighted by atomic mass is 79.9.